The van der Waals surface area contributed by atoms with Crippen LogP contribution < -0.4 is 0 Å². The molecule has 5 rings (SSSR count). The zero-order valence-electron chi connectivity index (χ0n) is 18.5. The molecule has 1 aromatic heterocycles. The quantitative estimate of drug-likeness (QED) is 0.639. The van der Waals surface area contributed by atoms with Gasteiger partial charge in [0, 0.05) is 30.4 Å². The van der Waals surface area contributed by atoms with E-state index in [0.29, 0.717) is 18.7 Å². The normalized spacial score (nSPS) is 15.7. The molecule has 4 heteroatoms. The Morgan fingerprint density at radius 3 is 2.56 bits per heavy atom. The van der Waals surface area contributed by atoms with Crippen LogP contribution in [-0.2, 0) is 24.1 Å². The van der Waals surface area contributed by atoms with Crippen LogP contribution in [0.4, 0.5) is 0 Å². The van der Waals surface area contributed by atoms with Crippen LogP contribution in [0.2, 0.25) is 0 Å². The van der Waals surface area contributed by atoms with E-state index in [1.807, 2.05) is 29.3 Å². The summed E-state index contributed by atoms with van der Waals surface area (Å²) in [5, 5.41) is 10.0. The predicted octanol–water partition coefficient (Wildman–Crippen LogP) is 4.86. The lowest BCUT2D eigenvalue weighted by molar-refractivity contribution is -0.130. The predicted molar refractivity (Wildman–Crippen MR) is 126 cm³/mol. The van der Waals surface area contributed by atoms with Crippen LogP contribution >= 0.6 is 0 Å². The molecular formula is C28H28N2O2. The number of hydrogen-bond donors (Lipinski definition) is 1. The minimum absolute atomic E-state index is 0.0750. The Hall–Kier alpha value is -3.40. The number of carbonyl (C=O) groups excluding carboxylic acids is 1. The number of aryl methyl sites for hydroxylation is 3. The molecule has 0 radical (unpaired) electrons. The van der Waals surface area contributed by atoms with Gasteiger partial charge in [-0.25, -0.2) is 0 Å². The van der Waals surface area contributed by atoms with Gasteiger partial charge in [0.1, 0.15) is 5.75 Å². The Bertz CT molecular complexity index is 1200. The second kappa shape index (κ2) is 8.62. The number of amides is 1. The number of aromatic hydroxyl groups is 1. The Morgan fingerprint density at radius 2 is 1.75 bits per heavy atom. The van der Waals surface area contributed by atoms with Crippen LogP contribution in [0.15, 0.2) is 66.4 Å². The van der Waals surface area contributed by atoms with Crippen LogP contribution in [0.25, 0.3) is 5.57 Å². The first kappa shape index (κ1) is 20.5. The molecule has 1 N–H and O–H groups in total. The molecular weight excluding hydrogens is 396 g/mol. The van der Waals surface area contributed by atoms with Gasteiger partial charge in [-0.3, -0.25) is 9.78 Å². The number of likely N-dealkylation sites (tertiary alicyclic amines) is 1. The van der Waals surface area contributed by atoms with E-state index in [1.165, 1.54) is 33.4 Å². The highest BCUT2D eigenvalue weighted by molar-refractivity contribution is 5.85. The molecule has 0 saturated carbocycles. The van der Waals surface area contributed by atoms with Gasteiger partial charge in [-0.05, 0) is 61.4 Å². The Labute approximate surface area is 189 Å². The molecule has 2 aromatic carbocycles. The molecule has 0 unspecified atom stereocenters. The van der Waals surface area contributed by atoms with Gasteiger partial charge in [0.15, 0.2) is 0 Å². The van der Waals surface area contributed by atoms with Gasteiger partial charge >= 0.3 is 0 Å². The Kier molecular flexibility index (Phi) is 5.52. The zero-order valence-corrected chi connectivity index (χ0v) is 18.5. The van der Waals surface area contributed by atoms with Crippen LogP contribution in [-0.4, -0.2) is 34.0 Å². The van der Waals surface area contributed by atoms with Gasteiger partial charge in [0.25, 0.3) is 0 Å². The fourth-order valence-corrected chi connectivity index (χ4v) is 5.00. The van der Waals surface area contributed by atoms with Crippen molar-refractivity contribution in [2.75, 3.05) is 13.1 Å². The Morgan fingerprint density at radius 1 is 0.969 bits per heavy atom. The average Bonchev–Trinajstić information content (AvgIpc) is 2.97. The number of rotatable bonds is 2. The maximum Gasteiger partial charge on any atom is 0.227 e. The molecule has 162 valence electrons. The third-order valence-electron chi connectivity index (χ3n) is 6.73. The first-order chi connectivity index (χ1) is 15.6. The first-order valence-corrected chi connectivity index (χ1v) is 11.4. The SMILES string of the molecule is Cc1ccc2c(c1)CCc1cccnc1C2=C1CCN(C(=O)Cc2ccccc2O)CC1. The highest BCUT2D eigenvalue weighted by Gasteiger charge is 2.26. The minimum atomic E-state index is 0.0750. The summed E-state index contributed by atoms with van der Waals surface area (Å²) in [4.78, 5) is 19.6. The van der Waals surface area contributed by atoms with Gasteiger partial charge in [0.2, 0.25) is 5.91 Å². The molecule has 4 nitrogen and oxygen atoms in total. The number of phenols is 1. The van der Waals surface area contributed by atoms with Crippen LogP contribution in [0.3, 0.4) is 0 Å². The smallest absolute Gasteiger partial charge is 0.227 e. The molecule has 1 aliphatic heterocycles. The molecule has 3 aromatic rings. The van der Waals surface area contributed by atoms with Crippen molar-refractivity contribution in [1.82, 2.24) is 9.88 Å². The Balaban J connectivity index is 1.44. The summed E-state index contributed by atoms with van der Waals surface area (Å²) < 4.78 is 0. The number of aromatic nitrogens is 1. The number of benzene rings is 2. The van der Waals surface area contributed by atoms with E-state index in [2.05, 4.69) is 31.2 Å². The van der Waals surface area contributed by atoms with Crippen molar-refractivity contribution in [3.05, 3.63) is 99.9 Å². The summed E-state index contributed by atoms with van der Waals surface area (Å²) >= 11 is 0. The molecule has 2 heterocycles. The summed E-state index contributed by atoms with van der Waals surface area (Å²) in [6, 6.07) is 18.1. The number of nitrogens with zero attached hydrogens (tertiary/aromatic N) is 2. The molecule has 0 spiro atoms. The van der Waals surface area contributed by atoms with Gasteiger partial charge in [-0.15, -0.1) is 0 Å². The second-order valence-corrected chi connectivity index (χ2v) is 8.84. The molecule has 0 atom stereocenters. The van der Waals surface area contributed by atoms with E-state index in [9.17, 15) is 9.90 Å². The van der Waals surface area contributed by atoms with Crippen LogP contribution in [0, 0.1) is 6.92 Å². The van der Waals surface area contributed by atoms with E-state index < -0.39 is 0 Å². The molecule has 1 fully saturated rings. The third kappa shape index (κ3) is 3.93. The van der Waals surface area contributed by atoms with Crippen molar-refractivity contribution in [3.8, 4) is 5.75 Å². The van der Waals surface area contributed by atoms with E-state index in [1.54, 1.807) is 12.1 Å². The van der Waals surface area contributed by atoms with Gasteiger partial charge in [-0.2, -0.15) is 0 Å². The van der Waals surface area contributed by atoms with Crippen molar-refractivity contribution in [1.29, 1.82) is 0 Å². The summed E-state index contributed by atoms with van der Waals surface area (Å²) in [6.07, 6.45) is 5.87. The lowest BCUT2D eigenvalue weighted by Gasteiger charge is -2.30. The van der Waals surface area contributed by atoms with E-state index in [-0.39, 0.29) is 18.1 Å². The number of pyridine rings is 1. The molecule has 32 heavy (non-hydrogen) atoms. The zero-order chi connectivity index (χ0) is 22.1. The molecule has 2 aliphatic rings. The van der Waals surface area contributed by atoms with Gasteiger partial charge < -0.3 is 10.0 Å². The summed E-state index contributed by atoms with van der Waals surface area (Å²) in [6.45, 7) is 3.56. The summed E-state index contributed by atoms with van der Waals surface area (Å²) in [5.74, 6) is 0.264. The van der Waals surface area contributed by atoms with Crippen molar-refractivity contribution in [2.24, 2.45) is 0 Å². The lowest BCUT2D eigenvalue weighted by Crippen LogP contribution is -2.37. The standard InChI is InChI=1S/C28H28N2O2/c1-19-8-11-24-22(17-19)10-9-21-6-4-14-29-28(21)27(24)20-12-15-30(16-13-20)26(32)18-23-5-2-3-7-25(23)31/h2-8,11,14,17,31H,9-10,12-13,15-16,18H2,1H3. The highest BCUT2D eigenvalue weighted by Crippen LogP contribution is 2.38. The highest BCUT2D eigenvalue weighted by atomic mass is 16.3. The number of piperidine rings is 1. The van der Waals surface area contributed by atoms with Crippen molar-refractivity contribution < 1.29 is 9.90 Å². The lowest BCUT2D eigenvalue weighted by atomic mass is 9.88. The average molecular weight is 425 g/mol. The van der Waals surface area contributed by atoms with Gasteiger partial charge in [-0.1, -0.05) is 53.6 Å². The van der Waals surface area contributed by atoms with Crippen LogP contribution in [0.1, 0.15) is 46.4 Å². The fraction of sp³-hybridized carbons (Fsp3) is 0.286. The molecule has 1 aliphatic carbocycles. The number of phenolic OH excluding ortho intramolecular Hbond substituents is 1. The molecule has 1 amide bonds. The molecule has 0 bridgehead atoms. The summed E-state index contributed by atoms with van der Waals surface area (Å²) in [7, 11) is 0. The minimum Gasteiger partial charge on any atom is -0.508 e. The van der Waals surface area contributed by atoms with Crippen LogP contribution in [0.5, 0.6) is 5.75 Å². The van der Waals surface area contributed by atoms with E-state index in [4.69, 9.17) is 4.98 Å². The number of carbonyl (C=O) groups is 1. The second-order valence-electron chi connectivity index (χ2n) is 8.84. The topological polar surface area (TPSA) is 53.4 Å². The van der Waals surface area contributed by atoms with Crippen molar-refractivity contribution >= 4 is 11.5 Å². The summed E-state index contributed by atoms with van der Waals surface area (Å²) in [5.41, 5.74) is 9.76. The fourth-order valence-electron chi connectivity index (χ4n) is 5.00. The number of fused-ring (bicyclic) bond motifs is 2. The van der Waals surface area contributed by atoms with E-state index in [0.717, 1.165) is 31.4 Å². The van der Waals surface area contributed by atoms with Crippen molar-refractivity contribution in [2.45, 2.75) is 39.0 Å². The number of hydrogen-bond acceptors (Lipinski definition) is 3. The van der Waals surface area contributed by atoms with Crippen molar-refractivity contribution in [3.63, 3.8) is 0 Å². The van der Waals surface area contributed by atoms with E-state index >= 15 is 0 Å². The maximum atomic E-state index is 12.9. The largest absolute Gasteiger partial charge is 0.508 e. The third-order valence-corrected chi connectivity index (χ3v) is 6.73. The molecule has 1 saturated heterocycles. The number of para-hydroxylation sites is 1. The first-order valence-electron chi connectivity index (χ1n) is 11.4. The van der Waals surface area contributed by atoms with Gasteiger partial charge in [0.05, 0.1) is 12.1 Å². The maximum absolute atomic E-state index is 12.9. The monoisotopic (exact) mass is 424 g/mol.